The molecule has 96 valence electrons. The van der Waals surface area contributed by atoms with Gasteiger partial charge in [-0.25, -0.2) is 0 Å². The number of ether oxygens (including phenoxy) is 2. The Morgan fingerprint density at radius 1 is 1.18 bits per heavy atom. The fourth-order valence-corrected chi connectivity index (χ4v) is 0.827. The van der Waals surface area contributed by atoms with Crippen LogP contribution in [0.3, 0.4) is 0 Å². The lowest BCUT2D eigenvalue weighted by Crippen LogP contribution is -2.21. The topological polar surface area (TPSA) is 83.2 Å². The van der Waals surface area contributed by atoms with E-state index in [2.05, 4.69) is 19.7 Å². The molecule has 0 unspecified atom stereocenters. The van der Waals surface area contributed by atoms with Gasteiger partial charge in [0.15, 0.2) is 6.61 Å². The van der Waals surface area contributed by atoms with E-state index < -0.39 is 18.8 Å². The second-order valence-electron chi connectivity index (χ2n) is 3.33. The van der Waals surface area contributed by atoms with Gasteiger partial charge < -0.3 is 15.2 Å². The van der Waals surface area contributed by atoms with Crippen LogP contribution in [0, 0.1) is 0 Å². The summed E-state index contributed by atoms with van der Waals surface area (Å²) in [6.45, 7) is 1.91. The van der Waals surface area contributed by atoms with Crippen LogP contribution in [0.25, 0.3) is 0 Å². The Bertz CT molecular complexity index is 384. The van der Waals surface area contributed by atoms with Gasteiger partial charge in [-0.1, -0.05) is 0 Å². The Morgan fingerprint density at radius 3 is 2.29 bits per heavy atom. The summed E-state index contributed by atoms with van der Waals surface area (Å²) in [4.78, 5) is 10.5. The first-order chi connectivity index (χ1) is 7.76. The van der Waals surface area contributed by atoms with Gasteiger partial charge in [-0.2, -0.15) is 23.1 Å². The fourth-order valence-electron chi connectivity index (χ4n) is 0.827. The van der Waals surface area contributed by atoms with Crippen molar-refractivity contribution < 1.29 is 22.6 Å². The van der Waals surface area contributed by atoms with E-state index in [4.69, 9.17) is 10.5 Å². The highest BCUT2D eigenvalue weighted by Gasteiger charge is 2.29. The molecule has 0 aliphatic rings. The van der Waals surface area contributed by atoms with Gasteiger partial charge >= 0.3 is 18.2 Å². The molecule has 1 aromatic rings. The minimum Gasteiger partial charge on any atom is -0.461 e. The Morgan fingerprint density at radius 2 is 1.76 bits per heavy atom. The van der Waals surface area contributed by atoms with Crippen molar-refractivity contribution in [2.75, 3.05) is 12.3 Å². The molecule has 0 saturated carbocycles. The van der Waals surface area contributed by atoms with Crippen molar-refractivity contribution in [3.63, 3.8) is 0 Å². The molecular weight excluding hydrogens is 241 g/mol. The largest absolute Gasteiger partial charge is 0.461 e. The van der Waals surface area contributed by atoms with E-state index in [-0.39, 0.29) is 18.1 Å². The number of nitrogens with two attached hydrogens (primary N) is 1. The summed E-state index contributed by atoms with van der Waals surface area (Å²) in [5, 5.41) is 0. The molecule has 0 aliphatic carbocycles. The van der Waals surface area contributed by atoms with Crippen molar-refractivity contribution in [1.82, 2.24) is 15.0 Å². The molecule has 0 aromatic carbocycles. The first-order valence-electron chi connectivity index (χ1n) is 4.64. The van der Waals surface area contributed by atoms with Crippen LogP contribution in [-0.2, 0) is 0 Å². The van der Waals surface area contributed by atoms with Crippen LogP contribution in [0.5, 0.6) is 12.0 Å². The number of aromatic nitrogens is 3. The van der Waals surface area contributed by atoms with Gasteiger partial charge in [0, 0.05) is 0 Å². The SMILES string of the molecule is CC(C)Oc1nc(N)nc(OCC(F)(F)F)n1. The van der Waals surface area contributed by atoms with Crippen molar-refractivity contribution in [3.05, 3.63) is 0 Å². The summed E-state index contributed by atoms with van der Waals surface area (Å²) in [5.41, 5.74) is 5.27. The van der Waals surface area contributed by atoms with Crippen LogP contribution in [0.2, 0.25) is 0 Å². The van der Waals surface area contributed by atoms with E-state index >= 15 is 0 Å². The maximum Gasteiger partial charge on any atom is 0.422 e. The standard InChI is InChI=1S/C8H11F3N4O2/c1-4(2)17-7-14-5(12)13-6(15-7)16-3-8(9,10)11/h4H,3H2,1-2H3,(H2,12,13,14,15). The number of halogens is 3. The number of hydrogen-bond acceptors (Lipinski definition) is 6. The van der Waals surface area contributed by atoms with Crippen LogP contribution < -0.4 is 15.2 Å². The highest BCUT2D eigenvalue weighted by Crippen LogP contribution is 2.17. The van der Waals surface area contributed by atoms with Crippen LogP contribution in [0.1, 0.15) is 13.8 Å². The van der Waals surface area contributed by atoms with Crippen molar-refractivity contribution in [2.24, 2.45) is 0 Å². The van der Waals surface area contributed by atoms with Crippen molar-refractivity contribution in [3.8, 4) is 12.0 Å². The third-order valence-corrected chi connectivity index (χ3v) is 1.32. The first-order valence-corrected chi connectivity index (χ1v) is 4.64. The summed E-state index contributed by atoms with van der Waals surface area (Å²) in [7, 11) is 0. The molecule has 1 heterocycles. The third kappa shape index (κ3) is 5.18. The lowest BCUT2D eigenvalue weighted by Gasteiger charge is -2.10. The molecule has 0 spiro atoms. The van der Waals surface area contributed by atoms with Gasteiger partial charge in [-0.15, -0.1) is 4.98 Å². The maximum atomic E-state index is 11.9. The van der Waals surface area contributed by atoms with Crippen LogP contribution in [0.4, 0.5) is 19.1 Å². The quantitative estimate of drug-likeness (QED) is 0.866. The zero-order chi connectivity index (χ0) is 13.1. The fraction of sp³-hybridized carbons (Fsp3) is 0.625. The van der Waals surface area contributed by atoms with Crippen LogP contribution in [0.15, 0.2) is 0 Å². The van der Waals surface area contributed by atoms with Gasteiger partial charge in [0.05, 0.1) is 6.10 Å². The summed E-state index contributed by atoms with van der Waals surface area (Å²) >= 11 is 0. The van der Waals surface area contributed by atoms with Gasteiger partial charge in [0.1, 0.15) is 0 Å². The second kappa shape index (κ2) is 5.02. The normalized spacial score (nSPS) is 11.6. The second-order valence-corrected chi connectivity index (χ2v) is 3.33. The average molecular weight is 252 g/mol. The van der Waals surface area contributed by atoms with Crippen LogP contribution >= 0.6 is 0 Å². The zero-order valence-electron chi connectivity index (χ0n) is 9.15. The predicted molar refractivity (Wildman–Crippen MR) is 51.6 cm³/mol. The van der Waals surface area contributed by atoms with Crippen molar-refractivity contribution >= 4 is 5.95 Å². The zero-order valence-corrected chi connectivity index (χ0v) is 9.15. The molecule has 2 N–H and O–H groups in total. The monoisotopic (exact) mass is 252 g/mol. The highest BCUT2D eigenvalue weighted by atomic mass is 19.4. The Balaban J connectivity index is 2.75. The molecule has 0 amide bonds. The molecule has 9 heteroatoms. The minimum absolute atomic E-state index is 0.176. The van der Waals surface area contributed by atoms with Gasteiger partial charge in [-0.05, 0) is 13.8 Å². The third-order valence-electron chi connectivity index (χ3n) is 1.32. The van der Waals surface area contributed by atoms with Crippen molar-refractivity contribution in [1.29, 1.82) is 0 Å². The number of nitrogen functional groups attached to an aromatic ring is 1. The Hall–Kier alpha value is -1.80. The number of nitrogens with zero attached hydrogens (tertiary/aromatic N) is 3. The van der Waals surface area contributed by atoms with Gasteiger partial charge in [-0.3, -0.25) is 0 Å². The molecule has 1 aromatic heterocycles. The smallest absolute Gasteiger partial charge is 0.422 e. The number of anilines is 1. The average Bonchev–Trinajstić information content (AvgIpc) is 2.11. The van der Waals surface area contributed by atoms with Gasteiger partial charge in [0.2, 0.25) is 5.95 Å². The molecule has 0 atom stereocenters. The highest BCUT2D eigenvalue weighted by molar-refractivity contribution is 5.20. The molecule has 6 nitrogen and oxygen atoms in total. The summed E-state index contributed by atoms with van der Waals surface area (Å²) in [5.74, 6) is -0.271. The number of alkyl halides is 3. The maximum absolute atomic E-state index is 11.9. The minimum atomic E-state index is -4.47. The van der Waals surface area contributed by atoms with E-state index in [1.54, 1.807) is 13.8 Å². The van der Waals surface area contributed by atoms with E-state index in [9.17, 15) is 13.2 Å². The number of hydrogen-bond donors (Lipinski definition) is 1. The Labute approximate surface area is 95.0 Å². The number of rotatable bonds is 4. The lowest BCUT2D eigenvalue weighted by atomic mass is 10.5. The molecule has 17 heavy (non-hydrogen) atoms. The molecule has 0 aliphatic heterocycles. The lowest BCUT2D eigenvalue weighted by molar-refractivity contribution is -0.154. The van der Waals surface area contributed by atoms with Gasteiger partial charge in [0.25, 0.3) is 0 Å². The van der Waals surface area contributed by atoms with E-state index in [1.807, 2.05) is 0 Å². The van der Waals surface area contributed by atoms with Crippen molar-refractivity contribution in [2.45, 2.75) is 26.1 Å². The molecule has 0 bridgehead atoms. The van der Waals surface area contributed by atoms with Crippen LogP contribution in [-0.4, -0.2) is 33.8 Å². The summed E-state index contributed by atoms with van der Waals surface area (Å²) < 4.78 is 45.1. The molecule has 0 fully saturated rings. The molecule has 1 rings (SSSR count). The Kier molecular flexibility index (Phi) is 3.92. The van der Waals surface area contributed by atoms with E-state index in [1.165, 1.54) is 0 Å². The summed E-state index contributed by atoms with van der Waals surface area (Å²) in [6, 6.07) is -0.699. The molecular formula is C8H11F3N4O2. The molecule has 0 radical (unpaired) electrons. The summed E-state index contributed by atoms with van der Waals surface area (Å²) in [6.07, 6.45) is -4.72. The van der Waals surface area contributed by atoms with E-state index in [0.717, 1.165) is 0 Å². The predicted octanol–water partition coefficient (Wildman–Crippen LogP) is 1.18. The van der Waals surface area contributed by atoms with E-state index in [0.29, 0.717) is 0 Å². The first kappa shape index (κ1) is 13.3. The molecule has 0 saturated heterocycles.